The van der Waals surface area contributed by atoms with Gasteiger partial charge in [0.15, 0.2) is 0 Å². The average molecular weight is 328 g/mol. The highest BCUT2D eigenvalue weighted by Gasteiger charge is 2.08. The Balaban J connectivity index is 0.000000243. The van der Waals surface area contributed by atoms with E-state index in [1.807, 2.05) is 32.9 Å². The van der Waals surface area contributed by atoms with Crippen LogP contribution >= 0.6 is 0 Å². The lowest BCUT2D eigenvalue weighted by Gasteiger charge is -2.11. The van der Waals surface area contributed by atoms with Crippen LogP contribution in [0.3, 0.4) is 0 Å². The number of anilines is 1. The average Bonchev–Trinajstić information content (AvgIpc) is 2.52. The maximum absolute atomic E-state index is 11.5. The number of carbonyl (C=O) groups is 2. The summed E-state index contributed by atoms with van der Waals surface area (Å²) in [6.45, 7) is 5.78. The Morgan fingerprint density at radius 3 is 1.88 bits per heavy atom. The molecule has 24 heavy (non-hydrogen) atoms. The predicted molar refractivity (Wildman–Crippen MR) is 96.5 cm³/mol. The van der Waals surface area contributed by atoms with Crippen molar-refractivity contribution in [3.05, 3.63) is 64.2 Å². The number of rotatable bonds is 2. The molecule has 0 radical (unpaired) electrons. The zero-order valence-electron chi connectivity index (χ0n) is 14.8. The van der Waals surface area contributed by atoms with Gasteiger partial charge >= 0.3 is 5.97 Å². The van der Waals surface area contributed by atoms with E-state index in [9.17, 15) is 9.59 Å². The fourth-order valence-corrected chi connectivity index (χ4v) is 1.91. The quantitative estimate of drug-likeness (QED) is 0.829. The van der Waals surface area contributed by atoms with Crippen molar-refractivity contribution in [2.45, 2.75) is 20.8 Å². The van der Waals surface area contributed by atoms with Crippen molar-refractivity contribution >= 4 is 17.6 Å². The van der Waals surface area contributed by atoms with Crippen LogP contribution in [0.15, 0.2) is 36.4 Å². The number of nitrogen functional groups attached to an aromatic ring is 1. The van der Waals surface area contributed by atoms with Crippen LogP contribution in [0.2, 0.25) is 0 Å². The minimum atomic E-state index is -0.867. The smallest absolute Gasteiger partial charge is 0.335 e. The molecule has 0 unspecified atom stereocenters. The van der Waals surface area contributed by atoms with Crippen LogP contribution in [0, 0.1) is 20.8 Å². The van der Waals surface area contributed by atoms with Gasteiger partial charge in [-0.15, -0.1) is 0 Å². The van der Waals surface area contributed by atoms with E-state index in [1.54, 1.807) is 38.4 Å². The summed E-state index contributed by atoms with van der Waals surface area (Å²) in [5, 5.41) is 8.60. The zero-order chi connectivity index (χ0) is 18.4. The summed E-state index contributed by atoms with van der Waals surface area (Å²) in [4.78, 5) is 23.5. The van der Waals surface area contributed by atoms with Crippen LogP contribution in [-0.4, -0.2) is 36.0 Å². The molecule has 5 heteroatoms. The summed E-state index contributed by atoms with van der Waals surface area (Å²) < 4.78 is 0. The van der Waals surface area contributed by atoms with Gasteiger partial charge in [0, 0.05) is 25.3 Å². The molecule has 5 nitrogen and oxygen atoms in total. The zero-order valence-corrected chi connectivity index (χ0v) is 14.8. The summed E-state index contributed by atoms with van der Waals surface area (Å²) in [7, 11) is 3.44. The normalized spacial score (nSPS) is 9.71. The van der Waals surface area contributed by atoms with Crippen molar-refractivity contribution in [3.63, 3.8) is 0 Å². The lowest BCUT2D eigenvalue weighted by Crippen LogP contribution is -2.21. The first kappa shape index (κ1) is 19.2. The summed E-state index contributed by atoms with van der Waals surface area (Å²) in [5.41, 5.74) is 10.5. The molecule has 2 rings (SSSR count). The van der Waals surface area contributed by atoms with Gasteiger partial charge < -0.3 is 15.7 Å². The van der Waals surface area contributed by atoms with Crippen LogP contribution in [-0.2, 0) is 0 Å². The third-order valence-corrected chi connectivity index (χ3v) is 3.69. The van der Waals surface area contributed by atoms with E-state index in [4.69, 9.17) is 10.8 Å². The fourth-order valence-electron chi connectivity index (χ4n) is 1.91. The van der Waals surface area contributed by atoms with Crippen LogP contribution in [0.1, 0.15) is 37.4 Å². The Kier molecular flexibility index (Phi) is 6.53. The van der Waals surface area contributed by atoms with Gasteiger partial charge in [-0.25, -0.2) is 4.79 Å². The number of amides is 1. The van der Waals surface area contributed by atoms with E-state index < -0.39 is 5.97 Å². The maximum atomic E-state index is 11.5. The molecule has 2 aromatic rings. The molecule has 0 aliphatic rings. The van der Waals surface area contributed by atoms with Crippen molar-refractivity contribution in [1.82, 2.24) is 4.90 Å². The number of hydrogen-bond donors (Lipinski definition) is 2. The molecule has 0 spiro atoms. The molecule has 0 bridgehead atoms. The number of aromatic carboxylic acids is 1. The van der Waals surface area contributed by atoms with Gasteiger partial charge in [0.1, 0.15) is 0 Å². The minimum Gasteiger partial charge on any atom is -0.478 e. The van der Waals surface area contributed by atoms with Crippen molar-refractivity contribution < 1.29 is 14.7 Å². The first-order valence-corrected chi connectivity index (χ1v) is 7.51. The Bertz CT molecular complexity index is 752. The molecule has 0 aromatic heterocycles. The molecular formula is C19H24N2O3. The Hall–Kier alpha value is -2.82. The first-order chi connectivity index (χ1) is 11.1. The highest BCUT2D eigenvalue weighted by Crippen LogP contribution is 2.13. The van der Waals surface area contributed by atoms with Crippen LogP contribution in [0.5, 0.6) is 0 Å². The summed E-state index contributed by atoms with van der Waals surface area (Å²) in [6, 6.07) is 10.5. The van der Waals surface area contributed by atoms with Crippen LogP contribution in [0.4, 0.5) is 5.69 Å². The van der Waals surface area contributed by atoms with Crippen LogP contribution < -0.4 is 5.73 Å². The molecule has 0 saturated carbocycles. The molecule has 0 heterocycles. The number of nitrogens with two attached hydrogens (primary N) is 1. The molecule has 0 fully saturated rings. The molecule has 2 aromatic carbocycles. The number of nitrogens with zero attached hydrogens (tertiary/aromatic N) is 1. The Morgan fingerprint density at radius 1 is 0.875 bits per heavy atom. The lowest BCUT2D eigenvalue weighted by atomic mass is 10.1. The van der Waals surface area contributed by atoms with Gasteiger partial charge in [-0.3, -0.25) is 4.79 Å². The molecule has 1 amide bonds. The van der Waals surface area contributed by atoms with E-state index in [1.165, 1.54) is 4.90 Å². The van der Waals surface area contributed by atoms with Gasteiger partial charge in [0.2, 0.25) is 0 Å². The van der Waals surface area contributed by atoms with Crippen LogP contribution in [0.25, 0.3) is 0 Å². The Labute approximate surface area is 142 Å². The third kappa shape index (κ3) is 5.12. The van der Waals surface area contributed by atoms with E-state index in [-0.39, 0.29) is 5.91 Å². The second-order valence-corrected chi connectivity index (χ2v) is 5.88. The second kappa shape index (κ2) is 8.15. The number of aryl methyl sites for hydroxylation is 3. The highest BCUT2D eigenvalue weighted by atomic mass is 16.4. The number of benzene rings is 2. The molecular weight excluding hydrogens is 304 g/mol. The van der Waals surface area contributed by atoms with E-state index in [0.717, 1.165) is 16.7 Å². The number of hydrogen-bond acceptors (Lipinski definition) is 3. The molecule has 0 aliphatic carbocycles. The van der Waals surface area contributed by atoms with Crippen molar-refractivity contribution in [2.24, 2.45) is 0 Å². The molecule has 128 valence electrons. The van der Waals surface area contributed by atoms with E-state index in [0.29, 0.717) is 16.8 Å². The van der Waals surface area contributed by atoms with Gasteiger partial charge in [-0.2, -0.15) is 0 Å². The van der Waals surface area contributed by atoms with Gasteiger partial charge in [0.05, 0.1) is 5.56 Å². The summed E-state index contributed by atoms with van der Waals surface area (Å²) in [6.07, 6.45) is 0. The van der Waals surface area contributed by atoms with Crippen molar-refractivity contribution in [3.8, 4) is 0 Å². The molecule has 3 N–H and O–H groups in total. The molecule has 0 saturated heterocycles. The van der Waals surface area contributed by atoms with Crippen molar-refractivity contribution in [2.75, 3.05) is 19.8 Å². The summed E-state index contributed by atoms with van der Waals surface area (Å²) in [5.74, 6) is -0.889. The second-order valence-electron chi connectivity index (χ2n) is 5.88. The number of carboxylic acids is 1. The first-order valence-electron chi connectivity index (χ1n) is 7.51. The largest absolute Gasteiger partial charge is 0.478 e. The molecule has 0 atom stereocenters. The summed E-state index contributed by atoms with van der Waals surface area (Å²) >= 11 is 0. The monoisotopic (exact) mass is 328 g/mol. The lowest BCUT2D eigenvalue weighted by molar-refractivity contribution is 0.0696. The van der Waals surface area contributed by atoms with E-state index in [2.05, 4.69) is 0 Å². The van der Waals surface area contributed by atoms with Gasteiger partial charge in [-0.05, 0) is 61.7 Å². The van der Waals surface area contributed by atoms with Gasteiger partial charge in [-0.1, -0.05) is 12.1 Å². The minimum absolute atomic E-state index is 0.0216. The van der Waals surface area contributed by atoms with Gasteiger partial charge in [0.25, 0.3) is 5.91 Å². The predicted octanol–water partition coefficient (Wildman–Crippen LogP) is 3.28. The third-order valence-electron chi connectivity index (χ3n) is 3.69. The highest BCUT2D eigenvalue weighted by molar-refractivity contribution is 5.94. The maximum Gasteiger partial charge on any atom is 0.335 e. The number of carbonyl (C=O) groups excluding carboxylic acids is 1. The number of carboxylic acid groups (broad SMARTS) is 1. The standard InChI is InChI=1S/C10H14N2O.C9H10O2/c1-7-4-5-8(6-9(7)11)10(13)12(2)3;1-6-3-4-8(9(10)11)5-7(6)2/h4-6H,11H2,1-3H3;3-5H,1-2H3,(H,10,11). The molecule has 0 aliphatic heterocycles. The topological polar surface area (TPSA) is 83.6 Å². The van der Waals surface area contributed by atoms with Crippen molar-refractivity contribution in [1.29, 1.82) is 0 Å². The van der Waals surface area contributed by atoms with E-state index >= 15 is 0 Å². The SMILES string of the molecule is Cc1ccc(C(=O)N(C)C)cc1N.Cc1ccc(C(=O)O)cc1C. The fraction of sp³-hybridized carbons (Fsp3) is 0.263. The Morgan fingerprint density at radius 2 is 1.42 bits per heavy atom.